The van der Waals surface area contributed by atoms with Crippen LogP contribution in [0.5, 0.6) is 0 Å². The molecule has 0 aromatic carbocycles. The van der Waals surface area contributed by atoms with Crippen molar-refractivity contribution in [3.8, 4) is 0 Å². The molecule has 0 spiro atoms. The molecule has 0 aliphatic heterocycles. The Hall–Kier alpha value is -0.570. The molecule has 1 saturated carbocycles. The fourth-order valence-electron chi connectivity index (χ4n) is 2.20. The molecule has 1 aliphatic rings. The largest absolute Gasteiger partial charge is 0.255 e. The second kappa shape index (κ2) is 4.30. The average Bonchev–Trinajstić information content (AvgIpc) is 2.51. The summed E-state index contributed by atoms with van der Waals surface area (Å²) in [6.07, 6.45) is 7.91. The summed E-state index contributed by atoms with van der Waals surface area (Å²) in [4.78, 5) is 0. The first-order valence-corrected chi connectivity index (χ1v) is 5.67. The summed E-state index contributed by atoms with van der Waals surface area (Å²) < 4.78 is 1.76. The number of hydrogen-bond acceptors (Lipinski definition) is 2. The van der Waals surface area contributed by atoms with Crippen LogP contribution in [0.3, 0.4) is 0 Å². The number of nitrogens with zero attached hydrogens (tertiary/aromatic N) is 3. The highest BCUT2D eigenvalue weighted by Crippen LogP contribution is 2.29. The van der Waals surface area contributed by atoms with Crippen LogP contribution in [0.1, 0.15) is 31.4 Å². The normalized spacial score (nSPS) is 27.9. The maximum atomic E-state index is 6.14. The first-order chi connectivity index (χ1) is 6.74. The van der Waals surface area contributed by atoms with E-state index in [0.717, 1.165) is 18.5 Å². The van der Waals surface area contributed by atoms with Gasteiger partial charge in [-0.1, -0.05) is 11.6 Å². The van der Waals surface area contributed by atoms with E-state index < -0.39 is 0 Å². The van der Waals surface area contributed by atoms with Gasteiger partial charge in [0.05, 0.1) is 5.69 Å². The molecule has 2 rings (SSSR count). The highest BCUT2D eigenvalue weighted by Gasteiger charge is 2.21. The van der Waals surface area contributed by atoms with Crippen LogP contribution in [0.15, 0.2) is 6.20 Å². The molecule has 1 heterocycles. The van der Waals surface area contributed by atoms with E-state index in [1.54, 1.807) is 4.68 Å². The monoisotopic (exact) mass is 213 g/mol. The van der Waals surface area contributed by atoms with Crippen LogP contribution in [0.2, 0.25) is 0 Å². The van der Waals surface area contributed by atoms with Gasteiger partial charge in [-0.2, -0.15) is 0 Å². The number of alkyl halides is 1. The molecule has 2 atom stereocenters. The molecule has 3 nitrogen and oxygen atoms in total. The van der Waals surface area contributed by atoms with Gasteiger partial charge >= 0.3 is 0 Å². The highest BCUT2D eigenvalue weighted by molar-refractivity contribution is 6.20. The fourth-order valence-corrected chi connectivity index (χ4v) is 2.60. The zero-order valence-electron chi connectivity index (χ0n) is 8.49. The van der Waals surface area contributed by atoms with Gasteiger partial charge in [0.1, 0.15) is 0 Å². The number of hydrogen-bond donors (Lipinski definition) is 0. The van der Waals surface area contributed by atoms with Crippen LogP contribution < -0.4 is 0 Å². The summed E-state index contributed by atoms with van der Waals surface area (Å²) in [5, 5.41) is 8.42. The van der Waals surface area contributed by atoms with E-state index in [1.165, 1.54) is 19.3 Å². The van der Waals surface area contributed by atoms with Crippen molar-refractivity contribution in [2.24, 2.45) is 13.0 Å². The van der Waals surface area contributed by atoms with Crippen LogP contribution in [0, 0.1) is 5.92 Å². The van der Waals surface area contributed by atoms with Crippen LogP contribution in [0.4, 0.5) is 0 Å². The Morgan fingerprint density at radius 1 is 1.57 bits per heavy atom. The highest BCUT2D eigenvalue weighted by atomic mass is 35.5. The Kier molecular flexibility index (Phi) is 3.06. The SMILES string of the molecule is Cn1cc(CC2CCCC(Cl)C2)nn1. The lowest BCUT2D eigenvalue weighted by atomic mass is 9.86. The van der Waals surface area contributed by atoms with Gasteiger partial charge in [-0.15, -0.1) is 16.7 Å². The van der Waals surface area contributed by atoms with Crippen LogP contribution in [-0.2, 0) is 13.5 Å². The van der Waals surface area contributed by atoms with Gasteiger partial charge in [-0.25, -0.2) is 0 Å². The van der Waals surface area contributed by atoms with Gasteiger partial charge in [0.2, 0.25) is 0 Å². The van der Waals surface area contributed by atoms with E-state index in [2.05, 4.69) is 10.3 Å². The summed E-state index contributed by atoms with van der Waals surface area (Å²) in [6, 6.07) is 0. The van der Waals surface area contributed by atoms with Gasteiger partial charge in [0.25, 0.3) is 0 Å². The zero-order valence-corrected chi connectivity index (χ0v) is 9.24. The molecule has 0 bridgehead atoms. The maximum absolute atomic E-state index is 6.14. The Balaban J connectivity index is 1.90. The molecule has 78 valence electrons. The number of aromatic nitrogens is 3. The van der Waals surface area contributed by atoms with E-state index >= 15 is 0 Å². The number of halogens is 1. The van der Waals surface area contributed by atoms with E-state index in [4.69, 9.17) is 11.6 Å². The lowest BCUT2D eigenvalue weighted by molar-refractivity contribution is 0.359. The number of aryl methyl sites for hydroxylation is 1. The zero-order chi connectivity index (χ0) is 9.97. The summed E-state index contributed by atoms with van der Waals surface area (Å²) in [6.45, 7) is 0. The minimum atomic E-state index is 0.380. The van der Waals surface area contributed by atoms with Crippen molar-refractivity contribution < 1.29 is 0 Å². The molecule has 0 amide bonds. The van der Waals surface area contributed by atoms with Crippen molar-refractivity contribution in [1.82, 2.24) is 15.0 Å². The molecule has 1 aromatic rings. The van der Waals surface area contributed by atoms with Crippen molar-refractivity contribution in [3.63, 3.8) is 0 Å². The Labute approximate surface area is 89.4 Å². The molecule has 1 fully saturated rings. The first-order valence-electron chi connectivity index (χ1n) is 5.23. The predicted molar refractivity (Wildman–Crippen MR) is 56.3 cm³/mol. The van der Waals surface area contributed by atoms with Crippen molar-refractivity contribution in [2.45, 2.75) is 37.5 Å². The molecular formula is C10H16ClN3. The van der Waals surface area contributed by atoms with Gasteiger partial charge < -0.3 is 0 Å². The summed E-state index contributed by atoms with van der Waals surface area (Å²) in [7, 11) is 1.90. The molecule has 1 aliphatic carbocycles. The third kappa shape index (κ3) is 2.47. The fraction of sp³-hybridized carbons (Fsp3) is 0.800. The second-order valence-electron chi connectivity index (χ2n) is 4.22. The minimum Gasteiger partial charge on any atom is -0.255 e. The van der Waals surface area contributed by atoms with Crippen LogP contribution >= 0.6 is 11.6 Å². The Morgan fingerprint density at radius 3 is 3.07 bits per heavy atom. The molecule has 0 radical (unpaired) electrons. The third-order valence-electron chi connectivity index (χ3n) is 2.87. The van der Waals surface area contributed by atoms with E-state index in [1.807, 2.05) is 13.2 Å². The summed E-state index contributed by atoms with van der Waals surface area (Å²) in [5.74, 6) is 0.711. The summed E-state index contributed by atoms with van der Waals surface area (Å²) >= 11 is 6.14. The smallest absolute Gasteiger partial charge is 0.0829 e. The molecule has 1 aromatic heterocycles. The average molecular weight is 214 g/mol. The van der Waals surface area contributed by atoms with Crippen molar-refractivity contribution in [3.05, 3.63) is 11.9 Å². The lowest BCUT2D eigenvalue weighted by Gasteiger charge is -2.24. The van der Waals surface area contributed by atoms with Gasteiger partial charge in [0, 0.05) is 18.6 Å². The topological polar surface area (TPSA) is 30.7 Å². The molecular weight excluding hydrogens is 198 g/mol. The molecule has 14 heavy (non-hydrogen) atoms. The van der Waals surface area contributed by atoms with Crippen molar-refractivity contribution in [2.75, 3.05) is 0 Å². The van der Waals surface area contributed by atoms with Gasteiger partial charge in [-0.3, -0.25) is 4.68 Å². The van der Waals surface area contributed by atoms with E-state index in [9.17, 15) is 0 Å². The van der Waals surface area contributed by atoms with Gasteiger partial charge in [-0.05, 0) is 31.6 Å². The second-order valence-corrected chi connectivity index (χ2v) is 4.83. The predicted octanol–water partition coefficient (Wildman–Crippen LogP) is 2.16. The van der Waals surface area contributed by atoms with Crippen molar-refractivity contribution in [1.29, 1.82) is 0 Å². The van der Waals surface area contributed by atoms with Gasteiger partial charge in [0.15, 0.2) is 0 Å². The third-order valence-corrected chi connectivity index (χ3v) is 3.26. The molecule has 0 N–H and O–H groups in total. The molecule has 4 heteroatoms. The van der Waals surface area contributed by atoms with Crippen LogP contribution in [0.25, 0.3) is 0 Å². The minimum absolute atomic E-state index is 0.380. The quantitative estimate of drug-likeness (QED) is 0.705. The standard InChI is InChI=1S/C10H16ClN3/c1-14-7-10(12-13-14)6-8-3-2-4-9(11)5-8/h7-9H,2-6H2,1H3. The van der Waals surface area contributed by atoms with Crippen molar-refractivity contribution >= 4 is 11.6 Å². The first kappa shape index (κ1) is 9.97. The number of rotatable bonds is 2. The maximum Gasteiger partial charge on any atom is 0.0829 e. The van der Waals surface area contributed by atoms with E-state index in [-0.39, 0.29) is 0 Å². The molecule has 2 unspecified atom stereocenters. The molecule has 0 saturated heterocycles. The van der Waals surface area contributed by atoms with E-state index in [0.29, 0.717) is 11.3 Å². The Morgan fingerprint density at radius 2 is 2.43 bits per heavy atom. The van der Waals surface area contributed by atoms with Crippen LogP contribution in [-0.4, -0.2) is 20.4 Å². The lowest BCUT2D eigenvalue weighted by Crippen LogP contribution is -2.17. The summed E-state index contributed by atoms with van der Waals surface area (Å²) in [5.41, 5.74) is 1.10. The Bertz CT molecular complexity index is 297.